The van der Waals surface area contributed by atoms with E-state index in [0.717, 1.165) is 83.0 Å². The molecule has 0 aliphatic carbocycles. The van der Waals surface area contributed by atoms with Crippen molar-refractivity contribution in [3.05, 3.63) is 329 Å². The zero-order valence-electron chi connectivity index (χ0n) is 58.9. The number of nitrogen functional groups attached to an aromatic ring is 1. The van der Waals surface area contributed by atoms with Gasteiger partial charge in [-0.3, -0.25) is 48.1 Å². The van der Waals surface area contributed by atoms with Crippen molar-refractivity contribution in [1.82, 2.24) is 57.7 Å². The maximum Gasteiger partial charge on any atom is 0.264 e. The van der Waals surface area contributed by atoms with Gasteiger partial charge in [-0.25, -0.2) is 24.3 Å². The van der Waals surface area contributed by atoms with Gasteiger partial charge in [-0.1, -0.05) is 97.4 Å². The monoisotopic (exact) mass is 1420 g/mol. The number of fused-ring (bicyclic) bond motifs is 6. The first-order valence-corrected chi connectivity index (χ1v) is 34.8. The third kappa shape index (κ3) is 13.9. The molecular formula is C84H71ClFN15O5. The van der Waals surface area contributed by atoms with Gasteiger partial charge in [0.05, 0.1) is 44.5 Å². The first kappa shape index (κ1) is 69.9. The van der Waals surface area contributed by atoms with Crippen LogP contribution >= 0.6 is 11.6 Å². The molecule has 22 heteroatoms. The number of aromatic nitrogens is 12. The maximum atomic E-state index is 14.3. The number of rotatable bonds is 14. The Kier molecular flexibility index (Phi) is 19.6. The molecule has 0 spiro atoms. The molecule has 16 aromatic rings. The Bertz CT molecular complexity index is 6390. The van der Waals surface area contributed by atoms with Gasteiger partial charge in [0.1, 0.15) is 22.4 Å². The molecule has 0 bridgehead atoms. The van der Waals surface area contributed by atoms with E-state index < -0.39 is 0 Å². The Morgan fingerprint density at radius 1 is 0.453 bits per heavy atom. The molecule has 0 radical (unpaired) electrons. The van der Waals surface area contributed by atoms with E-state index in [0.29, 0.717) is 61.7 Å². The molecule has 5 aromatic carbocycles. The summed E-state index contributed by atoms with van der Waals surface area (Å²) in [7, 11) is 3.42. The van der Waals surface area contributed by atoms with E-state index in [2.05, 4.69) is 51.6 Å². The van der Waals surface area contributed by atoms with Gasteiger partial charge in [-0.05, 0) is 175 Å². The van der Waals surface area contributed by atoms with Crippen LogP contribution < -0.4 is 44.2 Å². The lowest BCUT2D eigenvalue weighted by Crippen LogP contribution is -2.28. The van der Waals surface area contributed by atoms with Crippen LogP contribution in [0.3, 0.4) is 0 Å². The van der Waals surface area contributed by atoms with Crippen molar-refractivity contribution < 1.29 is 4.39 Å². The summed E-state index contributed by atoms with van der Waals surface area (Å²) < 4.78 is 21.8. The van der Waals surface area contributed by atoms with Crippen LogP contribution in [0.4, 0.5) is 22.0 Å². The molecule has 11 aromatic heterocycles. The predicted molar refractivity (Wildman–Crippen MR) is 421 cm³/mol. The summed E-state index contributed by atoms with van der Waals surface area (Å²) in [6.07, 6.45) is 12.7. The van der Waals surface area contributed by atoms with Gasteiger partial charge in [0.25, 0.3) is 16.7 Å². The number of nitrogens with two attached hydrogens (primary N) is 1. The number of aryl methyl sites for hydroxylation is 2. The van der Waals surface area contributed by atoms with Crippen LogP contribution in [-0.4, -0.2) is 57.7 Å². The second-order valence-corrected chi connectivity index (χ2v) is 26.7. The van der Waals surface area contributed by atoms with E-state index >= 15 is 0 Å². The minimum Gasteiger partial charge on any atom is -0.368 e. The van der Waals surface area contributed by atoms with Crippen molar-refractivity contribution in [3.8, 4) is 33.6 Å². The molecule has 0 amide bonds. The molecule has 0 fully saturated rings. The summed E-state index contributed by atoms with van der Waals surface area (Å²) in [5.41, 5.74) is 15.8. The molecule has 20 nitrogen and oxygen atoms in total. The summed E-state index contributed by atoms with van der Waals surface area (Å²) in [5, 5.41) is 13.4. The number of benzene rings is 5. The van der Waals surface area contributed by atoms with Crippen molar-refractivity contribution in [1.29, 1.82) is 0 Å². The highest BCUT2D eigenvalue weighted by atomic mass is 35.5. The molecule has 4 N–H and O–H groups in total. The van der Waals surface area contributed by atoms with E-state index in [-0.39, 0.29) is 63.6 Å². The molecule has 3 atom stereocenters. The Labute approximate surface area is 611 Å². The maximum absolute atomic E-state index is 14.3. The van der Waals surface area contributed by atoms with E-state index in [1.165, 1.54) is 33.4 Å². The lowest BCUT2D eigenvalue weighted by molar-refractivity contribution is 0.541. The van der Waals surface area contributed by atoms with E-state index in [1.54, 1.807) is 103 Å². The number of nitrogens with one attached hydrogen (secondary N) is 2. The zero-order chi connectivity index (χ0) is 74.0. The summed E-state index contributed by atoms with van der Waals surface area (Å²) in [4.78, 5) is 96.9. The second kappa shape index (κ2) is 29.7. The number of hydrogen-bond acceptors (Lipinski definition) is 15. The quantitative estimate of drug-likeness (QED) is 0.0915. The van der Waals surface area contributed by atoms with Crippen molar-refractivity contribution in [3.63, 3.8) is 0 Å². The normalized spacial score (nSPS) is 12.2. The van der Waals surface area contributed by atoms with Gasteiger partial charge in [0.15, 0.2) is 11.6 Å². The molecule has 0 aliphatic rings. The number of hydrogen-bond donors (Lipinski definition) is 3. The highest BCUT2D eigenvalue weighted by Gasteiger charge is 2.25. The Morgan fingerprint density at radius 3 is 1.51 bits per heavy atom. The van der Waals surface area contributed by atoms with Gasteiger partial charge < -0.3 is 30.1 Å². The molecule has 11 heterocycles. The highest BCUT2D eigenvalue weighted by molar-refractivity contribution is 6.35. The van der Waals surface area contributed by atoms with Crippen LogP contribution in [0.25, 0.3) is 98.8 Å². The molecule has 0 aliphatic heterocycles. The fraction of sp³-hybridized carbons (Fsp3) is 0.143. The molecule has 106 heavy (non-hydrogen) atoms. The first-order valence-electron chi connectivity index (χ1n) is 34.4. The van der Waals surface area contributed by atoms with E-state index in [1.807, 2.05) is 173 Å². The van der Waals surface area contributed by atoms with Crippen molar-refractivity contribution >= 4 is 94.3 Å². The van der Waals surface area contributed by atoms with Crippen molar-refractivity contribution in [2.75, 3.05) is 16.4 Å². The van der Waals surface area contributed by atoms with Crippen molar-refractivity contribution in [2.24, 2.45) is 14.1 Å². The van der Waals surface area contributed by atoms with Gasteiger partial charge in [0, 0.05) is 127 Å². The molecule has 0 saturated carbocycles. The number of para-hydroxylation sites is 1. The number of pyridine rings is 10. The number of halogens is 2. The smallest absolute Gasteiger partial charge is 0.264 e. The molecular weight excluding hydrogens is 1350 g/mol. The van der Waals surface area contributed by atoms with E-state index in [9.17, 15) is 28.4 Å². The van der Waals surface area contributed by atoms with Gasteiger partial charge in [0.2, 0.25) is 17.1 Å². The fourth-order valence-electron chi connectivity index (χ4n) is 13.7. The second-order valence-electron chi connectivity index (χ2n) is 26.3. The van der Waals surface area contributed by atoms with Crippen LogP contribution in [0.5, 0.6) is 0 Å². The third-order valence-electron chi connectivity index (χ3n) is 18.8. The summed E-state index contributed by atoms with van der Waals surface area (Å²) in [6.45, 7) is 10.1. The lowest BCUT2D eigenvalue weighted by atomic mass is 9.97. The van der Waals surface area contributed by atoms with Crippen LogP contribution in [-0.2, 0) is 20.5 Å². The molecule has 0 saturated heterocycles. The average molecular weight is 1430 g/mol. The van der Waals surface area contributed by atoms with Crippen LogP contribution in [0.1, 0.15) is 81.4 Å². The van der Waals surface area contributed by atoms with Crippen molar-refractivity contribution in [2.45, 2.75) is 65.1 Å². The molecule has 526 valence electrons. The van der Waals surface area contributed by atoms with Crippen LogP contribution in [0.2, 0.25) is 5.02 Å². The largest absolute Gasteiger partial charge is 0.368 e. The lowest BCUT2D eigenvalue weighted by Gasteiger charge is -2.24. The summed E-state index contributed by atoms with van der Waals surface area (Å²) >= 11 is 6.38. The van der Waals surface area contributed by atoms with Gasteiger partial charge in [-0.2, -0.15) is 0 Å². The number of anilines is 3. The van der Waals surface area contributed by atoms with Crippen LogP contribution in [0, 0.1) is 5.82 Å². The molecule has 0 unspecified atom stereocenters. The Morgan fingerprint density at radius 2 is 0.934 bits per heavy atom. The highest BCUT2D eigenvalue weighted by Crippen LogP contribution is 2.35. The van der Waals surface area contributed by atoms with Gasteiger partial charge >= 0.3 is 0 Å². The average Bonchev–Trinajstić information content (AvgIpc) is 0.757. The minimum absolute atomic E-state index is 0.0575. The third-order valence-corrected chi connectivity index (χ3v) is 19.1. The Hall–Kier alpha value is -13.1. The number of nitrogens with zero attached hydrogens (tertiary/aromatic N) is 12. The predicted octanol–water partition coefficient (Wildman–Crippen LogP) is 15.6. The standard InChI is InChI=1S/C31H25N5O2.C28H27N5O2.C25H19ClFN5O/c1-20(34-30-29-21(15-17-33-30)9-7-16-32-29)26-18-22-8-6-12-25(23-13-14-27(37)35(2)19-23)28(22)31(38)36(26)24-10-4-3-5-11-24;1-17(2)33-23(18(3)31-27-26-19(12-14-30-27)8-6-13-29-26)15-20-7-5-9-22(25(20)28(33)35)21-10-11-24(34)32(4)16-21;1-14(12-20-23-19(6-3-11-29-23)30-25(28)31-20)21-13-15-4-2-5-18(26)22(15)24(33)32(21)17-9-7-16(27)8-10-17/h3-20H,1-2H3,(H,33,34);5-18H,1-4H3,(H,30,31);2-11,13-14H,12H2,1H3,(H2,28,30,31)/t20-;18-;14-/m001/s1. The summed E-state index contributed by atoms with van der Waals surface area (Å²) in [5.74, 6) is 0.956. The van der Waals surface area contributed by atoms with E-state index in [4.69, 9.17) is 17.3 Å². The topological polar surface area (TPSA) is 250 Å². The molecule has 16 rings (SSSR count). The fourth-order valence-corrected chi connectivity index (χ4v) is 14.0. The van der Waals surface area contributed by atoms with Crippen LogP contribution in [0.15, 0.2) is 268 Å². The Balaban J connectivity index is 0.000000134. The SMILES string of the molecule is CC(C)n1c([C@H](C)Nc2nccc3cccnc23)cc2cccc(-c3ccc(=O)n(C)c3)c2c1=O.C[C@H](Cc1nc(N)nc2cccnc12)c1cc2cccc(Cl)c2c(=O)n1-c1ccc(F)cc1.C[C@H](Nc1nccc2cccnc12)c1cc2cccc(-c3ccc(=O)n(C)c3)c2c(=O)n1-c1ccccc1. The minimum atomic E-state index is -0.380. The zero-order valence-corrected chi connectivity index (χ0v) is 59.6. The first-order chi connectivity index (χ1) is 51.3. The van der Waals surface area contributed by atoms with Gasteiger partial charge in [-0.15, -0.1) is 0 Å². The summed E-state index contributed by atoms with van der Waals surface area (Å²) in [6, 6.07) is 59.8.